The first kappa shape index (κ1) is 20.0. The maximum absolute atomic E-state index is 12.8. The Bertz CT molecular complexity index is 814. The predicted octanol–water partition coefficient (Wildman–Crippen LogP) is 4.13. The van der Waals surface area contributed by atoms with Gasteiger partial charge in [-0.3, -0.25) is 0 Å². The number of nitrogens with one attached hydrogen (secondary N) is 1. The summed E-state index contributed by atoms with van der Waals surface area (Å²) in [5.74, 6) is 1.48. The summed E-state index contributed by atoms with van der Waals surface area (Å²) >= 11 is 0. The summed E-state index contributed by atoms with van der Waals surface area (Å²) < 4.78 is 5.22. The number of carbonyl (C=O) groups is 1. The minimum Gasteiger partial charge on any atom is -0.481 e. The number of anilines is 2. The van der Waals surface area contributed by atoms with E-state index in [0.717, 1.165) is 24.6 Å². The molecule has 2 heterocycles. The zero-order valence-corrected chi connectivity index (χ0v) is 17.4. The number of piperazine rings is 1. The van der Waals surface area contributed by atoms with Crippen molar-refractivity contribution in [1.29, 1.82) is 0 Å². The van der Waals surface area contributed by atoms with E-state index in [1.54, 1.807) is 7.11 Å². The number of rotatable bonds is 3. The Labute approximate surface area is 167 Å². The fourth-order valence-electron chi connectivity index (χ4n) is 3.41. The van der Waals surface area contributed by atoms with Crippen molar-refractivity contribution >= 4 is 17.5 Å². The topological polar surface area (TPSA) is 57.7 Å². The molecule has 28 heavy (non-hydrogen) atoms. The van der Waals surface area contributed by atoms with Gasteiger partial charge in [-0.1, -0.05) is 39.0 Å². The molecule has 0 aliphatic carbocycles. The van der Waals surface area contributed by atoms with Gasteiger partial charge in [0.1, 0.15) is 5.82 Å². The molecule has 3 rings (SSSR count). The molecular formula is C22H30N4O2. The number of amides is 2. The monoisotopic (exact) mass is 382 g/mol. The summed E-state index contributed by atoms with van der Waals surface area (Å²) in [6, 6.07) is 13.9. The molecule has 6 heteroatoms. The van der Waals surface area contributed by atoms with Gasteiger partial charge in [-0.25, -0.2) is 4.79 Å². The lowest BCUT2D eigenvalue weighted by Gasteiger charge is -2.40. The highest BCUT2D eigenvalue weighted by atomic mass is 16.5. The summed E-state index contributed by atoms with van der Waals surface area (Å²) in [6.07, 6.45) is 0. The number of carbonyl (C=O) groups excluding carboxylic acids is 1. The number of pyridine rings is 1. The highest BCUT2D eigenvalue weighted by Crippen LogP contribution is 2.24. The van der Waals surface area contributed by atoms with E-state index in [0.29, 0.717) is 12.4 Å². The number of benzene rings is 1. The Morgan fingerprint density at radius 3 is 2.46 bits per heavy atom. The van der Waals surface area contributed by atoms with E-state index in [4.69, 9.17) is 4.74 Å². The van der Waals surface area contributed by atoms with E-state index in [1.165, 1.54) is 5.56 Å². The minimum atomic E-state index is -0.0609. The number of ether oxygens (including phenoxy) is 1. The molecule has 1 unspecified atom stereocenters. The first-order valence-electron chi connectivity index (χ1n) is 9.72. The van der Waals surface area contributed by atoms with Crippen LogP contribution >= 0.6 is 0 Å². The molecule has 1 aliphatic rings. The molecule has 6 nitrogen and oxygen atoms in total. The highest BCUT2D eigenvalue weighted by Gasteiger charge is 2.28. The Morgan fingerprint density at radius 2 is 1.86 bits per heavy atom. The normalized spacial score (nSPS) is 17.4. The van der Waals surface area contributed by atoms with Gasteiger partial charge in [0.05, 0.1) is 7.11 Å². The molecule has 1 aromatic heterocycles. The highest BCUT2D eigenvalue weighted by molar-refractivity contribution is 5.89. The predicted molar refractivity (Wildman–Crippen MR) is 113 cm³/mol. The Morgan fingerprint density at radius 1 is 1.14 bits per heavy atom. The summed E-state index contributed by atoms with van der Waals surface area (Å²) in [4.78, 5) is 21.3. The number of methoxy groups -OCH3 is 1. The van der Waals surface area contributed by atoms with Gasteiger partial charge in [0.2, 0.25) is 5.88 Å². The van der Waals surface area contributed by atoms with Crippen LogP contribution in [0.2, 0.25) is 0 Å². The van der Waals surface area contributed by atoms with Crippen molar-refractivity contribution in [2.45, 2.75) is 39.2 Å². The average Bonchev–Trinajstić information content (AvgIpc) is 2.67. The molecule has 1 aromatic carbocycles. The molecule has 1 atom stereocenters. The van der Waals surface area contributed by atoms with E-state index in [9.17, 15) is 4.79 Å². The second-order valence-corrected chi connectivity index (χ2v) is 8.28. The standard InChI is InChI=1S/C22H30N4O2/c1-16-15-25(19-7-6-8-20(24-19)28-5)13-14-26(16)21(27)23-18-11-9-17(10-12-18)22(2,3)4/h6-12,16H,13-15H2,1-5H3,(H,23,27). The third-order valence-corrected chi connectivity index (χ3v) is 5.13. The molecule has 0 saturated carbocycles. The van der Waals surface area contributed by atoms with Crippen LogP contribution in [0, 0.1) is 0 Å². The first-order valence-corrected chi connectivity index (χ1v) is 9.72. The van der Waals surface area contributed by atoms with Crippen LogP contribution in [0.1, 0.15) is 33.3 Å². The van der Waals surface area contributed by atoms with E-state index >= 15 is 0 Å². The quantitative estimate of drug-likeness (QED) is 0.867. The SMILES string of the molecule is COc1cccc(N2CCN(C(=O)Nc3ccc(C(C)(C)C)cc3)C(C)C2)n1. The van der Waals surface area contributed by atoms with E-state index in [-0.39, 0.29) is 17.5 Å². The van der Waals surface area contributed by atoms with Gasteiger partial charge >= 0.3 is 6.03 Å². The van der Waals surface area contributed by atoms with Crippen molar-refractivity contribution in [3.63, 3.8) is 0 Å². The van der Waals surface area contributed by atoms with Crippen molar-refractivity contribution in [3.8, 4) is 5.88 Å². The summed E-state index contributed by atoms with van der Waals surface area (Å²) in [7, 11) is 1.62. The molecule has 1 fully saturated rings. The Kier molecular flexibility index (Phi) is 5.77. The first-order chi connectivity index (χ1) is 13.3. The van der Waals surface area contributed by atoms with Crippen molar-refractivity contribution in [2.75, 3.05) is 37.0 Å². The molecule has 0 spiro atoms. The number of hydrogen-bond donors (Lipinski definition) is 1. The molecule has 150 valence electrons. The zero-order chi connectivity index (χ0) is 20.3. The van der Waals surface area contributed by atoms with Crippen LogP contribution in [-0.4, -0.2) is 48.7 Å². The van der Waals surface area contributed by atoms with Crippen LogP contribution in [0.4, 0.5) is 16.3 Å². The molecule has 2 amide bonds. The van der Waals surface area contributed by atoms with Crippen molar-refractivity contribution in [2.24, 2.45) is 0 Å². The molecule has 0 bridgehead atoms. The van der Waals surface area contributed by atoms with Crippen LogP contribution in [0.5, 0.6) is 5.88 Å². The van der Waals surface area contributed by atoms with Crippen LogP contribution in [0.3, 0.4) is 0 Å². The average molecular weight is 383 g/mol. The molecule has 1 aliphatic heterocycles. The summed E-state index contributed by atoms with van der Waals surface area (Å²) in [5.41, 5.74) is 2.17. The summed E-state index contributed by atoms with van der Waals surface area (Å²) in [6.45, 7) is 10.7. The molecule has 1 N–H and O–H groups in total. The van der Waals surface area contributed by atoms with Gasteiger partial charge in [-0.15, -0.1) is 0 Å². The largest absolute Gasteiger partial charge is 0.481 e. The van der Waals surface area contributed by atoms with E-state index in [2.05, 4.69) is 55.0 Å². The van der Waals surface area contributed by atoms with Gasteiger partial charge in [-0.05, 0) is 36.1 Å². The zero-order valence-electron chi connectivity index (χ0n) is 17.4. The molecular weight excluding hydrogens is 352 g/mol. The molecule has 2 aromatic rings. The summed E-state index contributed by atoms with van der Waals surface area (Å²) in [5, 5.41) is 3.03. The lowest BCUT2D eigenvalue weighted by atomic mass is 9.87. The maximum atomic E-state index is 12.8. The number of hydrogen-bond acceptors (Lipinski definition) is 4. The van der Waals surface area contributed by atoms with Crippen LogP contribution in [0.15, 0.2) is 42.5 Å². The van der Waals surface area contributed by atoms with Crippen molar-refractivity contribution in [3.05, 3.63) is 48.0 Å². The Hall–Kier alpha value is -2.76. The van der Waals surface area contributed by atoms with Crippen molar-refractivity contribution in [1.82, 2.24) is 9.88 Å². The van der Waals surface area contributed by atoms with Gasteiger partial charge < -0.3 is 19.9 Å². The number of aromatic nitrogens is 1. The number of urea groups is 1. The lowest BCUT2D eigenvalue weighted by molar-refractivity contribution is 0.184. The maximum Gasteiger partial charge on any atom is 0.322 e. The molecule has 0 radical (unpaired) electrons. The third-order valence-electron chi connectivity index (χ3n) is 5.13. The smallest absolute Gasteiger partial charge is 0.322 e. The Balaban J connectivity index is 1.61. The van der Waals surface area contributed by atoms with Crippen LogP contribution in [-0.2, 0) is 5.41 Å². The van der Waals surface area contributed by atoms with Gasteiger partial charge in [0.25, 0.3) is 0 Å². The fraction of sp³-hybridized carbons (Fsp3) is 0.455. The minimum absolute atomic E-state index is 0.0609. The third kappa shape index (κ3) is 4.55. The van der Waals surface area contributed by atoms with E-state index in [1.807, 2.05) is 35.2 Å². The second-order valence-electron chi connectivity index (χ2n) is 8.28. The number of nitrogens with zero attached hydrogens (tertiary/aromatic N) is 3. The lowest BCUT2D eigenvalue weighted by Crippen LogP contribution is -2.55. The van der Waals surface area contributed by atoms with Crippen molar-refractivity contribution < 1.29 is 9.53 Å². The molecule has 1 saturated heterocycles. The van der Waals surface area contributed by atoms with E-state index < -0.39 is 0 Å². The fourth-order valence-corrected chi connectivity index (χ4v) is 3.41. The van der Waals surface area contributed by atoms with Gasteiger partial charge in [0.15, 0.2) is 0 Å². The van der Waals surface area contributed by atoms with Gasteiger partial charge in [-0.2, -0.15) is 4.98 Å². The van der Waals surface area contributed by atoms with Crippen LogP contribution in [0.25, 0.3) is 0 Å². The second kappa shape index (κ2) is 8.09. The van der Waals surface area contributed by atoms with Gasteiger partial charge in [0, 0.05) is 37.4 Å². The van der Waals surface area contributed by atoms with Crippen LogP contribution < -0.4 is 15.0 Å².